The van der Waals surface area contributed by atoms with Gasteiger partial charge in [0.05, 0.1) is 26.6 Å². The van der Waals surface area contributed by atoms with Gasteiger partial charge in [0.25, 0.3) is 0 Å². The number of hydrogen-bond acceptors (Lipinski definition) is 1. The van der Waals surface area contributed by atoms with Crippen LogP contribution in [0.25, 0.3) is 22.4 Å². The van der Waals surface area contributed by atoms with Gasteiger partial charge >= 0.3 is 6.18 Å². The van der Waals surface area contributed by atoms with Gasteiger partial charge < -0.3 is 4.57 Å². The first-order valence-corrected chi connectivity index (χ1v) is 9.15. The predicted molar refractivity (Wildman–Crippen MR) is 106 cm³/mol. The maximum absolute atomic E-state index is 12.9. The molecule has 3 aromatic carbocycles. The van der Waals surface area contributed by atoms with Crippen LogP contribution in [0.1, 0.15) is 11.1 Å². The van der Waals surface area contributed by atoms with Crippen LogP contribution < -0.4 is 0 Å². The molecule has 0 saturated carbocycles. The fraction of sp³-hybridized carbons (Fsp3) is 0.0952. The van der Waals surface area contributed by atoms with Crippen LogP contribution in [0.4, 0.5) is 13.2 Å². The van der Waals surface area contributed by atoms with E-state index < -0.39 is 11.7 Å². The first-order valence-electron chi connectivity index (χ1n) is 8.40. The Labute approximate surface area is 169 Å². The molecule has 0 aliphatic heterocycles. The van der Waals surface area contributed by atoms with E-state index in [1.165, 1.54) is 12.1 Å². The van der Waals surface area contributed by atoms with E-state index in [-0.39, 0.29) is 0 Å². The van der Waals surface area contributed by atoms with Crippen molar-refractivity contribution in [3.63, 3.8) is 0 Å². The van der Waals surface area contributed by atoms with Gasteiger partial charge in [0.1, 0.15) is 5.82 Å². The molecule has 4 rings (SSSR count). The third-order valence-electron chi connectivity index (χ3n) is 4.44. The van der Waals surface area contributed by atoms with Gasteiger partial charge in [-0.3, -0.25) is 0 Å². The Morgan fingerprint density at radius 3 is 2.14 bits per heavy atom. The molecule has 7 heteroatoms. The van der Waals surface area contributed by atoms with Crippen LogP contribution in [0.15, 0.2) is 66.7 Å². The lowest BCUT2D eigenvalue weighted by Crippen LogP contribution is -2.05. The van der Waals surface area contributed by atoms with Crippen LogP contribution in [-0.2, 0) is 12.7 Å². The zero-order valence-corrected chi connectivity index (χ0v) is 15.9. The van der Waals surface area contributed by atoms with Gasteiger partial charge in [-0.25, -0.2) is 4.98 Å². The monoisotopic (exact) mass is 420 g/mol. The summed E-state index contributed by atoms with van der Waals surface area (Å²) in [5, 5.41) is 0.764. The summed E-state index contributed by atoms with van der Waals surface area (Å²) in [5.41, 5.74) is 2.29. The SMILES string of the molecule is FC(F)(F)c1ccc(-c2nc3cc(Cl)c(Cl)cc3n2Cc2ccccc2)cc1. The fourth-order valence-electron chi connectivity index (χ4n) is 3.07. The lowest BCUT2D eigenvalue weighted by Gasteiger charge is -2.11. The summed E-state index contributed by atoms with van der Waals surface area (Å²) in [4.78, 5) is 4.61. The third kappa shape index (κ3) is 3.60. The Kier molecular flexibility index (Phi) is 4.81. The number of halogens is 5. The van der Waals surface area contributed by atoms with Gasteiger partial charge in [0.15, 0.2) is 0 Å². The van der Waals surface area contributed by atoms with E-state index in [0.29, 0.717) is 33.5 Å². The summed E-state index contributed by atoms with van der Waals surface area (Å²) in [6, 6.07) is 18.1. The van der Waals surface area contributed by atoms with E-state index in [4.69, 9.17) is 23.2 Å². The lowest BCUT2D eigenvalue weighted by atomic mass is 10.1. The van der Waals surface area contributed by atoms with E-state index in [9.17, 15) is 13.2 Å². The number of nitrogens with zero attached hydrogens (tertiary/aromatic N) is 2. The Morgan fingerprint density at radius 2 is 1.50 bits per heavy atom. The molecule has 0 amide bonds. The van der Waals surface area contributed by atoms with Crippen molar-refractivity contribution in [2.45, 2.75) is 12.7 Å². The van der Waals surface area contributed by atoms with Gasteiger partial charge in [-0.05, 0) is 29.8 Å². The molecule has 1 heterocycles. The van der Waals surface area contributed by atoms with E-state index in [0.717, 1.165) is 23.2 Å². The van der Waals surface area contributed by atoms with Crippen LogP contribution in [0.3, 0.4) is 0 Å². The number of benzene rings is 3. The fourth-order valence-corrected chi connectivity index (χ4v) is 3.39. The Hall–Kier alpha value is -2.50. The highest BCUT2D eigenvalue weighted by atomic mass is 35.5. The molecular formula is C21H13Cl2F3N2. The molecule has 0 saturated heterocycles. The number of imidazole rings is 1. The van der Waals surface area contributed by atoms with Crippen molar-refractivity contribution < 1.29 is 13.2 Å². The summed E-state index contributed by atoms with van der Waals surface area (Å²) >= 11 is 12.3. The highest BCUT2D eigenvalue weighted by molar-refractivity contribution is 6.42. The van der Waals surface area contributed by atoms with Crippen LogP contribution in [-0.4, -0.2) is 9.55 Å². The summed E-state index contributed by atoms with van der Waals surface area (Å²) in [6.45, 7) is 0.492. The molecule has 0 atom stereocenters. The topological polar surface area (TPSA) is 17.8 Å². The average Bonchev–Trinajstić information content (AvgIpc) is 3.00. The Balaban J connectivity index is 1.88. The summed E-state index contributed by atoms with van der Waals surface area (Å²) in [6.07, 6.45) is -4.39. The average molecular weight is 421 g/mol. The minimum Gasteiger partial charge on any atom is -0.319 e. The Morgan fingerprint density at radius 1 is 0.857 bits per heavy atom. The van der Waals surface area contributed by atoms with Crippen molar-refractivity contribution in [1.29, 1.82) is 0 Å². The van der Waals surface area contributed by atoms with Crippen LogP contribution in [0.5, 0.6) is 0 Å². The quantitative estimate of drug-likeness (QED) is 0.346. The van der Waals surface area contributed by atoms with Crippen molar-refractivity contribution in [3.8, 4) is 11.4 Å². The molecule has 0 radical (unpaired) electrons. The number of alkyl halides is 3. The molecule has 0 aliphatic rings. The maximum atomic E-state index is 12.9. The smallest absolute Gasteiger partial charge is 0.319 e. The number of aromatic nitrogens is 2. The highest BCUT2D eigenvalue weighted by Crippen LogP contribution is 2.34. The van der Waals surface area contributed by atoms with E-state index >= 15 is 0 Å². The van der Waals surface area contributed by atoms with E-state index in [2.05, 4.69) is 4.98 Å². The maximum Gasteiger partial charge on any atom is 0.416 e. The standard InChI is InChI=1S/C21H13Cl2F3N2/c22-16-10-18-19(11-17(16)23)28(12-13-4-2-1-3-5-13)20(27-18)14-6-8-15(9-7-14)21(24,25)26/h1-11H,12H2. The van der Waals surface area contributed by atoms with Crippen molar-refractivity contribution in [1.82, 2.24) is 9.55 Å². The molecule has 0 N–H and O–H groups in total. The molecule has 0 aliphatic carbocycles. The molecule has 1 aromatic heterocycles. The first kappa shape index (κ1) is 18.8. The molecule has 0 fully saturated rings. The summed E-state index contributed by atoms with van der Waals surface area (Å²) in [5.74, 6) is 0.547. The minimum absolute atomic E-state index is 0.373. The van der Waals surface area contributed by atoms with Gasteiger partial charge in [0.2, 0.25) is 0 Å². The number of fused-ring (bicyclic) bond motifs is 1. The molecule has 28 heavy (non-hydrogen) atoms. The van der Waals surface area contributed by atoms with Crippen LogP contribution >= 0.6 is 23.2 Å². The first-order chi connectivity index (χ1) is 13.3. The lowest BCUT2D eigenvalue weighted by molar-refractivity contribution is -0.137. The highest BCUT2D eigenvalue weighted by Gasteiger charge is 2.30. The van der Waals surface area contributed by atoms with E-state index in [1.807, 2.05) is 34.9 Å². The normalized spacial score (nSPS) is 11.9. The van der Waals surface area contributed by atoms with Gasteiger partial charge in [0, 0.05) is 12.1 Å². The predicted octanol–water partition coefficient (Wildman–Crippen LogP) is 7.08. The third-order valence-corrected chi connectivity index (χ3v) is 5.17. The van der Waals surface area contributed by atoms with Crippen molar-refractivity contribution in [2.24, 2.45) is 0 Å². The Bertz CT molecular complexity index is 1130. The second-order valence-corrected chi connectivity index (χ2v) is 7.15. The molecule has 0 spiro atoms. The summed E-state index contributed by atoms with van der Waals surface area (Å²) in [7, 11) is 0. The number of rotatable bonds is 3. The summed E-state index contributed by atoms with van der Waals surface area (Å²) < 4.78 is 40.6. The van der Waals surface area contributed by atoms with E-state index in [1.54, 1.807) is 12.1 Å². The molecule has 0 unspecified atom stereocenters. The van der Waals surface area contributed by atoms with Crippen LogP contribution in [0.2, 0.25) is 10.0 Å². The van der Waals surface area contributed by atoms with Gasteiger partial charge in [-0.15, -0.1) is 0 Å². The second-order valence-electron chi connectivity index (χ2n) is 6.34. The minimum atomic E-state index is -4.39. The van der Waals surface area contributed by atoms with Crippen molar-refractivity contribution >= 4 is 34.2 Å². The van der Waals surface area contributed by atoms with Crippen LogP contribution in [0, 0.1) is 0 Å². The molecule has 142 valence electrons. The van der Waals surface area contributed by atoms with Crippen molar-refractivity contribution in [3.05, 3.63) is 87.9 Å². The largest absolute Gasteiger partial charge is 0.416 e. The second kappa shape index (κ2) is 7.15. The molecule has 2 nitrogen and oxygen atoms in total. The molecular weight excluding hydrogens is 408 g/mol. The van der Waals surface area contributed by atoms with Crippen molar-refractivity contribution in [2.75, 3.05) is 0 Å². The molecule has 4 aromatic rings. The zero-order valence-electron chi connectivity index (χ0n) is 14.3. The number of hydrogen-bond donors (Lipinski definition) is 0. The van der Waals surface area contributed by atoms with Gasteiger partial charge in [-0.1, -0.05) is 65.7 Å². The zero-order chi connectivity index (χ0) is 19.9. The molecule has 0 bridgehead atoms. The van der Waals surface area contributed by atoms with Gasteiger partial charge in [-0.2, -0.15) is 13.2 Å².